The van der Waals surface area contributed by atoms with E-state index >= 15 is 0 Å². The van der Waals surface area contributed by atoms with Crippen LogP contribution in [0, 0.1) is 0 Å². The molecule has 1 saturated carbocycles. The highest BCUT2D eigenvalue weighted by Crippen LogP contribution is 2.35. The standard InChI is InChI=1S/C16H31NSi2/c1-18(2)17(14-10-7-6-8-11-14)15-12-9-13-16(15)19(3,4)5/h9,13-14,18H,6-8,10-12H2,1-5H3. The van der Waals surface area contributed by atoms with E-state index in [1.54, 1.807) is 10.9 Å². The maximum atomic E-state index is 2.92. The molecule has 0 aromatic rings. The lowest BCUT2D eigenvalue weighted by Crippen LogP contribution is -2.44. The van der Waals surface area contributed by atoms with Crippen LogP contribution < -0.4 is 0 Å². The molecule has 0 unspecified atom stereocenters. The molecule has 0 heterocycles. The maximum Gasteiger partial charge on any atom is 0.134 e. The van der Waals surface area contributed by atoms with Crippen LogP contribution in [0.15, 0.2) is 23.0 Å². The topological polar surface area (TPSA) is 3.24 Å². The third-order valence-electron chi connectivity index (χ3n) is 4.55. The summed E-state index contributed by atoms with van der Waals surface area (Å²) in [6.45, 7) is 12.5. The van der Waals surface area contributed by atoms with E-state index in [1.165, 1.54) is 38.5 Å². The van der Waals surface area contributed by atoms with Gasteiger partial charge in [-0.3, -0.25) is 0 Å². The molecule has 0 bridgehead atoms. The van der Waals surface area contributed by atoms with E-state index in [0.717, 1.165) is 6.04 Å². The van der Waals surface area contributed by atoms with Gasteiger partial charge < -0.3 is 4.57 Å². The Morgan fingerprint density at radius 1 is 1.11 bits per heavy atom. The van der Waals surface area contributed by atoms with Gasteiger partial charge in [0.2, 0.25) is 0 Å². The monoisotopic (exact) mass is 293 g/mol. The number of nitrogens with zero attached hydrogens (tertiary/aromatic N) is 1. The molecule has 0 amide bonds. The molecular formula is C16H31NSi2. The fourth-order valence-electron chi connectivity index (χ4n) is 3.73. The molecule has 0 saturated heterocycles. The molecule has 0 spiro atoms. The van der Waals surface area contributed by atoms with Gasteiger partial charge in [-0.1, -0.05) is 64.1 Å². The Labute approximate surface area is 122 Å². The minimum absolute atomic E-state index is 0.764. The number of allylic oxidation sites excluding steroid dienone is 3. The van der Waals surface area contributed by atoms with Crippen molar-refractivity contribution in [3.63, 3.8) is 0 Å². The molecule has 1 fully saturated rings. The van der Waals surface area contributed by atoms with Crippen molar-refractivity contribution in [3.05, 3.63) is 23.0 Å². The van der Waals surface area contributed by atoms with E-state index < -0.39 is 17.0 Å². The van der Waals surface area contributed by atoms with Crippen molar-refractivity contribution in [1.29, 1.82) is 0 Å². The van der Waals surface area contributed by atoms with Crippen LogP contribution in [-0.4, -0.2) is 27.6 Å². The first kappa shape index (κ1) is 15.1. The average Bonchev–Trinajstić information content (AvgIpc) is 2.79. The van der Waals surface area contributed by atoms with Crippen LogP contribution in [-0.2, 0) is 0 Å². The highest BCUT2D eigenvalue weighted by atomic mass is 28.3. The Hall–Kier alpha value is -0.286. The third kappa shape index (κ3) is 3.43. The first-order chi connectivity index (χ1) is 8.91. The highest BCUT2D eigenvalue weighted by Gasteiger charge is 2.31. The number of rotatable bonds is 4. The SMILES string of the molecule is C[SiH](C)N(C1=C([Si](C)(C)C)C=CC1)C1CCCCC1. The molecule has 108 valence electrons. The van der Waals surface area contributed by atoms with Crippen molar-refractivity contribution < 1.29 is 0 Å². The summed E-state index contributed by atoms with van der Waals surface area (Å²) in [7, 11) is -1.95. The van der Waals surface area contributed by atoms with Crippen molar-refractivity contribution in [2.45, 2.75) is 77.3 Å². The van der Waals surface area contributed by atoms with Gasteiger partial charge in [-0.15, -0.1) is 0 Å². The lowest BCUT2D eigenvalue weighted by Gasteiger charge is -2.42. The van der Waals surface area contributed by atoms with Gasteiger partial charge in [0.15, 0.2) is 0 Å². The van der Waals surface area contributed by atoms with Gasteiger partial charge in [-0.05, 0) is 18.0 Å². The molecule has 2 aliphatic carbocycles. The van der Waals surface area contributed by atoms with Gasteiger partial charge >= 0.3 is 0 Å². The smallest absolute Gasteiger partial charge is 0.134 e. The Bertz CT molecular complexity index is 371. The zero-order chi connectivity index (χ0) is 14.0. The van der Waals surface area contributed by atoms with Crippen LogP contribution in [0.3, 0.4) is 0 Å². The minimum Gasteiger partial charge on any atom is -0.401 e. The predicted molar refractivity (Wildman–Crippen MR) is 91.7 cm³/mol. The van der Waals surface area contributed by atoms with Gasteiger partial charge in [0.25, 0.3) is 0 Å². The summed E-state index contributed by atoms with van der Waals surface area (Å²) in [5.41, 5.74) is 1.73. The average molecular weight is 294 g/mol. The zero-order valence-corrected chi connectivity index (χ0v) is 15.7. The molecule has 0 atom stereocenters. The van der Waals surface area contributed by atoms with E-state index in [9.17, 15) is 0 Å². The largest absolute Gasteiger partial charge is 0.401 e. The molecule has 0 radical (unpaired) electrons. The fraction of sp³-hybridized carbons (Fsp3) is 0.750. The molecule has 1 nitrogen and oxygen atoms in total. The summed E-state index contributed by atoms with van der Waals surface area (Å²) in [5.74, 6) is 0. The lowest BCUT2D eigenvalue weighted by molar-refractivity contribution is 0.290. The summed E-state index contributed by atoms with van der Waals surface area (Å²) in [6, 6.07) is 0.863. The molecule has 2 aliphatic rings. The highest BCUT2D eigenvalue weighted by molar-refractivity contribution is 6.84. The van der Waals surface area contributed by atoms with Crippen LogP contribution in [0.5, 0.6) is 0 Å². The minimum atomic E-state index is -1.19. The van der Waals surface area contributed by atoms with Gasteiger partial charge in [-0.25, -0.2) is 0 Å². The molecule has 0 aliphatic heterocycles. The second kappa shape index (κ2) is 6.00. The van der Waals surface area contributed by atoms with Crippen molar-refractivity contribution in [1.82, 2.24) is 4.57 Å². The second-order valence-electron chi connectivity index (χ2n) is 7.51. The number of hydrogen-bond donors (Lipinski definition) is 0. The van der Waals surface area contributed by atoms with Crippen molar-refractivity contribution in [2.24, 2.45) is 0 Å². The fourth-order valence-corrected chi connectivity index (χ4v) is 7.59. The van der Waals surface area contributed by atoms with Crippen LogP contribution in [0.1, 0.15) is 38.5 Å². The zero-order valence-electron chi connectivity index (χ0n) is 13.5. The van der Waals surface area contributed by atoms with Gasteiger partial charge in [0.1, 0.15) is 8.96 Å². The summed E-state index contributed by atoms with van der Waals surface area (Å²) < 4.78 is 2.92. The summed E-state index contributed by atoms with van der Waals surface area (Å²) in [5, 5.41) is 1.74. The van der Waals surface area contributed by atoms with Crippen LogP contribution in [0.2, 0.25) is 32.7 Å². The molecule has 2 rings (SSSR count). The summed E-state index contributed by atoms with van der Waals surface area (Å²) in [4.78, 5) is 0. The summed E-state index contributed by atoms with van der Waals surface area (Å²) >= 11 is 0. The lowest BCUT2D eigenvalue weighted by atomic mass is 9.95. The molecule has 0 N–H and O–H groups in total. The molecule has 0 aromatic heterocycles. The summed E-state index contributed by atoms with van der Waals surface area (Å²) in [6.07, 6.45) is 13.3. The van der Waals surface area contributed by atoms with Crippen molar-refractivity contribution in [2.75, 3.05) is 0 Å². The van der Waals surface area contributed by atoms with Gasteiger partial charge in [0.05, 0.1) is 8.07 Å². The Morgan fingerprint density at radius 3 is 2.26 bits per heavy atom. The van der Waals surface area contributed by atoms with Gasteiger partial charge in [0, 0.05) is 18.2 Å². The second-order valence-corrected chi connectivity index (χ2v) is 15.3. The van der Waals surface area contributed by atoms with Gasteiger partial charge in [-0.2, -0.15) is 0 Å². The molecule has 3 heteroatoms. The van der Waals surface area contributed by atoms with Crippen LogP contribution >= 0.6 is 0 Å². The first-order valence-electron chi connectivity index (χ1n) is 8.10. The van der Waals surface area contributed by atoms with E-state index in [2.05, 4.69) is 49.5 Å². The normalized spacial score (nSPS) is 21.6. The van der Waals surface area contributed by atoms with E-state index in [-0.39, 0.29) is 0 Å². The Kier molecular flexibility index (Phi) is 4.77. The Morgan fingerprint density at radius 2 is 1.74 bits per heavy atom. The predicted octanol–water partition coefficient (Wildman–Crippen LogP) is 4.70. The molecular weight excluding hydrogens is 262 g/mol. The van der Waals surface area contributed by atoms with Crippen LogP contribution in [0.4, 0.5) is 0 Å². The maximum absolute atomic E-state index is 2.92. The molecule has 19 heavy (non-hydrogen) atoms. The quantitative estimate of drug-likeness (QED) is 0.679. The van der Waals surface area contributed by atoms with Crippen molar-refractivity contribution in [3.8, 4) is 0 Å². The van der Waals surface area contributed by atoms with E-state index in [4.69, 9.17) is 0 Å². The van der Waals surface area contributed by atoms with Crippen molar-refractivity contribution >= 4 is 17.0 Å². The van der Waals surface area contributed by atoms with E-state index in [1.807, 2.05) is 0 Å². The third-order valence-corrected chi connectivity index (χ3v) is 8.47. The van der Waals surface area contributed by atoms with E-state index in [0.29, 0.717) is 0 Å². The van der Waals surface area contributed by atoms with Crippen LogP contribution in [0.25, 0.3) is 0 Å². The Balaban J connectivity index is 2.28. The number of hydrogen-bond acceptors (Lipinski definition) is 1. The molecule has 0 aromatic carbocycles. The first-order valence-corrected chi connectivity index (χ1v) is 14.4.